The zero-order valence-electron chi connectivity index (χ0n) is 9.29. The summed E-state index contributed by atoms with van der Waals surface area (Å²) in [7, 11) is 0. The van der Waals surface area contributed by atoms with E-state index in [9.17, 15) is 0 Å². The second-order valence-electron chi connectivity index (χ2n) is 4.63. The second kappa shape index (κ2) is 3.88. The Hall–Kier alpha value is -0.830. The summed E-state index contributed by atoms with van der Waals surface area (Å²) in [5.74, 6) is 1.47. The van der Waals surface area contributed by atoms with Crippen molar-refractivity contribution in [3.05, 3.63) is 28.1 Å². The normalized spacial score (nSPS) is 17.4. The largest absolute Gasteiger partial charge is 0.439 e. The molecule has 2 aromatic rings. The molecule has 0 saturated heterocycles. The first kappa shape index (κ1) is 10.3. The highest BCUT2D eigenvalue weighted by Gasteiger charge is 2.22. The van der Waals surface area contributed by atoms with E-state index in [0.717, 1.165) is 21.5 Å². The van der Waals surface area contributed by atoms with Crippen molar-refractivity contribution in [2.24, 2.45) is 0 Å². The molecule has 1 aromatic carbocycles. The molecule has 1 saturated carbocycles. The zero-order chi connectivity index (χ0) is 11.1. The van der Waals surface area contributed by atoms with Gasteiger partial charge in [0.1, 0.15) is 5.52 Å². The van der Waals surface area contributed by atoms with Crippen LogP contribution in [-0.2, 0) is 0 Å². The number of halogens is 1. The van der Waals surface area contributed by atoms with Gasteiger partial charge in [-0.2, -0.15) is 0 Å². The molecule has 3 heteroatoms. The number of hydrogen-bond acceptors (Lipinski definition) is 2. The van der Waals surface area contributed by atoms with E-state index in [4.69, 9.17) is 4.42 Å². The van der Waals surface area contributed by atoms with E-state index < -0.39 is 0 Å². The van der Waals surface area contributed by atoms with Gasteiger partial charge in [0.15, 0.2) is 11.5 Å². The molecular weight excluding hydrogens is 266 g/mol. The molecule has 16 heavy (non-hydrogen) atoms. The summed E-state index contributed by atoms with van der Waals surface area (Å²) in [5.41, 5.74) is 3.09. The van der Waals surface area contributed by atoms with Gasteiger partial charge in [0.25, 0.3) is 0 Å². The van der Waals surface area contributed by atoms with Crippen LogP contribution in [0.4, 0.5) is 0 Å². The number of nitrogens with zero attached hydrogens (tertiary/aromatic N) is 1. The highest BCUT2D eigenvalue weighted by molar-refractivity contribution is 9.10. The summed E-state index contributed by atoms with van der Waals surface area (Å²) >= 11 is 3.54. The molecule has 0 N–H and O–H groups in total. The fourth-order valence-electron chi connectivity index (χ4n) is 2.49. The van der Waals surface area contributed by atoms with Gasteiger partial charge in [-0.25, -0.2) is 4.98 Å². The summed E-state index contributed by atoms with van der Waals surface area (Å²) in [5, 5.41) is 0. The molecule has 1 aromatic heterocycles. The van der Waals surface area contributed by atoms with Gasteiger partial charge < -0.3 is 4.42 Å². The first-order valence-corrected chi connectivity index (χ1v) is 6.60. The molecule has 0 spiro atoms. The molecule has 1 aliphatic carbocycles. The minimum Gasteiger partial charge on any atom is -0.439 e. The molecule has 1 aliphatic rings. The van der Waals surface area contributed by atoms with E-state index in [1.165, 1.54) is 31.2 Å². The van der Waals surface area contributed by atoms with Gasteiger partial charge in [-0.05, 0) is 53.4 Å². The predicted molar refractivity (Wildman–Crippen MR) is 67.7 cm³/mol. The van der Waals surface area contributed by atoms with Crippen LogP contribution in [0.1, 0.15) is 43.1 Å². The van der Waals surface area contributed by atoms with Gasteiger partial charge in [0, 0.05) is 5.92 Å². The quantitative estimate of drug-likeness (QED) is 0.765. The Balaban J connectivity index is 2.11. The molecule has 1 heterocycles. The lowest BCUT2D eigenvalue weighted by Gasteiger charge is -2.00. The number of rotatable bonds is 1. The molecule has 84 valence electrons. The average molecular weight is 280 g/mol. The molecule has 0 unspecified atom stereocenters. The van der Waals surface area contributed by atoms with Crippen LogP contribution >= 0.6 is 15.9 Å². The molecule has 0 atom stereocenters. The van der Waals surface area contributed by atoms with Crippen molar-refractivity contribution in [1.82, 2.24) is 4.98 Å². The Morgan fingerprint density at radius 1 is 1.31 bits per heavy atom. The molecule has 0 amide bonds. The fraction of sp³-hybridized carbons (Fsp3) is 0.462. The SMILES string of the molecule is Cc1cc(Br)c2oc(C3CCCC3)nc2c1. The van der Waals surface area contributed by atoms with Crippen LogP contribution in [0, 0.1) is 6.92 Å². The van der Waals surface area contributed by atoms with Gasteiger partial charge in [0.2, 0.25) is 0 Å². The van der Waals surface area contributed by atoms with Crippen LogP contribution in [0.3, 0.4) is 0 Å². The van der Waals surface area contributed by atoms with Crippen LogP contribution < -0.4 is 0 Å². The van der Waals surface area contributed by atoms with Crippen LogP contribution in [-0.4, -0.2) is 4.98 Å². The zero-order valence-corrected chi connectivity index (χ0v) is 10.9. The summed E-state index contributed by atoms with van der Waals surface area (Å²) in [6.07, 6.45) is 5.07. The van der Waals surface area contributed by atoms with Crippen LogP contribution in [0.5, 0.6) is 0 Å². The Morgan fingerprint density at radius 3 is 2.81 bits per heavy atom. The maximum Gasteiger partial charge on any atom is 0.198 e. The van der Waals surface area contributed by atoms with Crippen LogP contribution in [0.15, 0.2) is 21.0 Å². The van der Waals surface area contributed by atoms with Crippen molar-refractivity contribution < 1.29 is 4.42 Å². The monoisotopic (exact) mass is 279 g/mol. The third-order valence-corrected chi connectivity index (χ3v) is 3.90. The lowest BCUT2D eigenvalue weighted by atomic mass is 10.1. The minimum atomic E-state index is 0.541. The maximum atomic E-state index is 5.88. The number of benzene rings is 1. The third-order valence-electron chi connectivity index (χ3n) is 3.31. The molecule has 3 rings (SSSR count). The topological polar surface area (TPSA) is 26.0 Å². The van der Waals surface area contributed by atoms with E-state index in [0.29, 0.717) is 5.92 Å². The van der Waals surface area contributed by atoms with Crippen molar-refractivity contribution in [3.8, 4) is 0 Å². The number of aryl methyl sites for hydroxylation is 1. The van der Waals surface area contributed by atoms with Gasteiger partial charge in [0.05, 0.1) is 4.47 Å². The maximum absolute atomic E-state index is 5.88. The van der Waals surface area contributed by atoms with E-state index in [-0.39, 0.29) is 0 Å². The smallest absolute Gasteiger partial charge is 0.198 e. The number of aromatic nitrogens is 1. The molecule has 0 radical (unpaired) electrons. The summed E-state index contributed by atoms with van der Waals surface area (Å²) in [6, 6.07) is 4.16. The lowest BCUT2D eigenvalue weighted by molar-refractivity contribution is 0.473. The van der Waals surface area contributed by atoms with Gasteiger partial charge in [-0.3, -0.25) is 0 Å². The van der Waals surface area contributed by atoms with Crippen LogP contribution in [0.25, 0.3) is 11.1 Å². The van der Waals surface area contributed by atoms with Crippen LogP contribution in [0.2, 0.25) is 0 Å². The van der Waals surface area contributed by atoms with E-state index in [1.54, 1.807) is 0 Å². The third kappa shape index (κ3) is 1.67. The molecule has 1 fully saturated rings. The van der Waals surface area contributed by atoms with Gasteiger partial charge >= 0.3 is 0 Å². The Labute approximate surface area is 103 Å². The number of hydrogen-bond donors (Lipinski definition) is 0. The molecule has 0 bridgehead atoms. The molecule has 2 nitrogen and oxygen atoms in total. The first-order chi connectivity index (χ1) is 7.74. The minimum absolute atomic E-state index is 0.541. The van der Waals surface area contributed by atoms with Crippen molar-refractivity contribution in [3.63, 3.8) is 0 Å². The average Bonchev–Trinajstić information content (AvgIpc) is 2.82. The lowest BCUT2D eigenvalue weighted by Crippen LogP contribution is -1.90. The standard InChI is InChI=1S/C13H14BrNO/c1-8-6-10(14)12-11(7-8)15-13(16-12)9-4-2-3-5-9/h6-7,9H,2-5H2,1H3. The Morgan fingerprint density at radius 2 is 2.06 bits per heavy atom. The number of fused-ring (bicyclic) bond motifs is 1. The predicted octanol–water partition coefficient (Wildman–Crippen LogP) is 4.56. The van der Waals surface area contributed by atoms with Crippen molar-refractivity contribution >= 4 is 27.0 Å². The second-order valence-corrected chi connectivity index (χ2v) is 5.48. The summed E-state index contributed by atoms with van der Waals surface area (Å²) < 4.78 is 6.89. The summed E-state index contributed by atoms with van der Waals surface area (Å²) in [4.78, 5) is 4.62. The molecular formula is C13H14BrNO. The van der Waals surface area contributed by atoms with E-state index >= 15 is 0 Å². The highest BCUT2D eigenvalue weighted by Crippen LogP contribution is 2.36. The van der Waals surface area contributed by atoms with Crippen molar-refractivity contribution in [2.75, 3.05) is 0 Å². The molecule has 0 aliphatic heterocycles. The van der Waals surface area contributed by atoms with Gasteiger partial charge in [-0.1, -0.05) is 12.8 Å². The highest BCUT2D eigenvalue weighted by atomic mass is 79.9. The summed E-state index contributed by atoms with van der Waals surface area (Å²) in [6.45, 7) is 2.08. The Bertz CT molecular complexity index is 526. The van der Waals surface area contributed by atoms with Gasteiger partial charge in [-0.15, -0.1) is 0 Å². The van der Waals surface area contributed by atoms with Crippen molar-refractivity contribution in [2.45, 2.75) is 38.5 Å². The first-order valence-electron chi connectivity index (χ1n) is 5.80. The van der Waals surface area contributed by atoms with E-state index in [2.05, 4.69) is 40.0 Å². The Kier molecular flexibility index (Phi) is 2.51. The number of oxazole rings is 1. The van der Waals surface area contributed by atoms with E-state index in [1.807, 2.05) is 0 Å². The van der Waals surface area contributed by atoms with Crippen molar-refractivity contribution in [1.29, 1.82) is 0 Å². The fourth-order valence-corrected chi connectivity index (χ4v) is 3.13.